The molecule has 0 bridgehead atoms. The average molecular weight is 432 g/mol. The number of rotatable bonds is 6. The molecule has 0 radical (unpaired) electrons. The van der Waals surface area contributed by atoms with Gasteiger partial charge in [-0.15, -0.1) is 0 Å². The van der Waals surface area contributed by atoms with Crippen LogP contribution in [0.15, 0.2) is 47.4 Å². The molecule has 0 unspecified atom stereocenters. The van der Waals surface area contributed by atoms with Crippen molar-refractivity contribution in [1.29, 1.82) is 0 Å². The van der Waals surface area contributed by atoms with Gasteiger partial charge in [0.25, 0.3) is 0 Å². The summed E-state index contributed by atoms with van der Waals surface area (Å²) in [7, 11) is -3.62. The van der Waals surface area contributed by atoms with Crippen molar-refractivity contribution >= 4 is 27.1 Å². The van der Waals surface area contributed by atoms with Gasteiger partial charge in [0.05, 0.1) is 23.9 Å². The van der Waals surface area contributed by atoms with Crippen molar-refractivity contribution in [2.45, 2.75) is 11.3 Å². The van der Waals surface area contributed by atoms with E-state index in [0.717, 1.165) is 18.8 Å². The van der Waals surface area contributed by atoms with E-state index in [1.54, 1.807) is 6.07 Å². The van der Waals surface area contributed by atoms with Crippen LogP contribution in [0.1, 0.15) is 6.42 Å². The molecule has 2 aliphatic rings. The number of ether oxygens (including phenoxy) is 3. The van der Waals surface area contributed by atoms with E-state index in [0.29, 0.717) is 43.6 Å². The number of hydrogen-bond donors (Lipinski definition) is 1. The van der Waals surface area contributed by atoms with E-state index in [1.165, 1.54) is 12.1 Å². The van der Waals surface area contributed by atoms with E-state index in [9.17, 15) is 13.2 Å². The molecule has 0 saturated carbocycles. The zero-order valence-corrected chi connectivity index (χ0v) is 17.3. The average Bonchev–Trinajstić information content (AvgIpc) is 2.78. The Morgan fingerprint density at radius 2 is 1.63 bits per heavy atom. The van der Waals surface area contributed by atoms with Crippen LogP contribution in [0, 0.1) is 0 Å². The Hall–Kier alpha value is -2.78. The summed E-state index contributed by atoms with van der Waals surface area (Å²) >= 11 is 0. The van der Waals surface area contributed by atoms with Gasteiger partial charge < -0.3 is 24.4 Å². The lowest BCUT2D eigenvalue weighted by molar-refractivity contribution is -0.115. The smallest absolute Gasteiger partial charge is 0.225 e. The number of nitrogens with one attached hydrogen (secondary N) is 1. The zero-order chi connectivity index (χ0) is 21.0. The highest BCUT2D eigenvalue weighted by Crippen LogP contribution is 2.32. The molecule has 160 valence electrons. The van der Waals surface area contributed by atoms with Gasteiger partial charge in [-0.2, -0.15) is 0 Å². The fourth-order valence-corrected chi connectivity index (χ4v) is 4.61. The lowest BCUT2D eigenvalue weighted by Gasteiger charge is -2.28. The van der Waals surface area contributed by atoms with Crippen molar-refractivity contribution in [3.8, 4) is 11.5 Å². The molecule has 2 aliphatic heterocycles. The molecule has 30 heavy (non-hydrogen) atoms. The maximum absolute atomic E-state index is 12.6. The molecular weight excluding hydrogens is 408 g/mol. The molecule has 0 atom stereocenters. The molecule has 8 nitrogen and oxygen atoms in total. The van der Waals surface area contributed by atoms with E-state index in [1.807, 2.05) is 24.3 Å². The molecule has 2 aromatic rings. The van der Waals surface area contributed by atoms with E-state index in [2.05, 4.69) is 10.2 Å². The Morgan fingerprint density at radius 3 is 2.37 bits per heavy atom. The van der Waals surface area contributed by atoms with Gasteiger partial charge in [0.1, 0.15) is 13.2 Å². The Kier molecular flexibility index (Phi) is 6.10. The van der Waals surface area contributed by atoms with Crippen LogP contribution in [0.25, 0.3) is 0 Å². The minimum atomic E-state index is -3.62. The largest absolute Gasteiger partial charge is 0.486 e. The van der Waals surface area contributed by atoms with Crippen LogP contribution in [0.4, 0.5) is 11.4 Å². The summed E-state index contributed by atoms with van der Waals surface area (Å²) in [5.41, 5.74) is 1.70. The lowest BCUT2D eigenvalue weighted by Crippen LogP contribution is -2.36. The summed E-state index contributed by atoms with van der Waals surface area (Å²) in [6.45, 7) is 3.90. The van der Waals surface area contributed by atoms with E-state index < -0.39 is 9.84 Å². The first-order valence-corrected chi connectivity index (χ1v) is 11.5. The molecule has 2 aromatic carbocycles. The highest BCUT2D eigenvalue weighted by molar-refractivity contribution is 7.91. The molecule has 0 aliphatic carbocycles. The Bertz CT molecular complexity index is 1000. The van der Waals surface area contributed by atoms with Crippen molar-refractivity contribution < 1.29 is 27.4 Å². The number of carbonyl (C=O) groups excluding carboxylic acids is 1. The van der Waals surface area contributed by atoms with Crippen molar-refractivity contribution in [2.75, 3.05) is 55.5 Å². The Morgan fingerprint density at radius 1 is 0.933 bits per heavy atom. The summed E-state index contributed by atoms with van der Waals surface area (Å²) in [6, 6.07) is 12.0. The second-order valence-electron chi connectivity index (χ2n) is 7.07. The highest BCUT2D eigenvalue weighted by Gasteiger charge is 2.21. The number of carbonyl (C=O) groups is 1. The minimum Gasteiger partial charge on any atom is -0.486 e. The van der Waals surface area contributed by atoms with Gasteiger partial charge in [-0.3, -0.25) is 4.79 Å². The molecule has 9 heteroatoms. The van der Waals surface area contributed by atoms with Crippen LogP contribution in [0.2, 0.25) is 0 Å². The molecular formula is C21H24N2O6S. The van der Waals surface area contributed by atoms with Crippen molar-refractivity contribution in [3.63, 3.8) is 0 Å². The van der Waals surface area contributed by atoms with Gasteiger partial charge in [-0.1, -0.05) is 0 Å². The van der Waals surface area contributed by atoms with Gasteiger partial charge in [0.2, 0.25) is 5.91 Å². The van der Waals surface area contributed by atoms with Crippen LogP contribution in [-0.4, -0.2) is 59.6 Å². The van der Waals surface area contributed by atoms with Gasteiger partial charge in [-0.25, -0.2) is 8.42 Å². The third-order valence-corrected chi connectivity index (χ3v) is 6.71. The third kappa shape index (κ3) is 4.85. The number of nitrogens with zero attached hydrogens (tertiary/aromatic N) is 1. The molecule has 1 fully saturated rings. The number of hydrogen-bond acceptors (Lipinski definition) is 7. The molecule has 2 heterocycles. The van der Waals surface area contributed by atoms with E-state index >= 15 is 0 Å². The van der Waals surface area contributed by atoms with Gasteiger partial charge in [0, 0.05) is 37.0 Å². The van der Waals surface area contributed by atoms with Gasteiger partial charge >= 0.3 is 0 Å². The topological polar surface area (TPSA) is 94.2 Å². The maximum atomic E-state index is 12.6. The molecule has 4 rings (SSSR count). The maximum Gasteiger partial charge on any atom is 0.225 e. The summed E-state index contributed by atoms with van der Waals surface area (Å²) in [5, 5.41) is 2.75. The molecule has 1 amide bonds. The van der Waals surface area contributed by atoms with E-state index in [-0.39, 0.29) is 23.0 Å². The summed E-state index contributed by atoms with van der Waals surface area (Å²) in [4.78, 5) is 14.6. The Balaban J connectivity index is 1.32. The quantitative estimate of drug-likeness (QED) is 0.747. The second-order valence-corrected chi connectivity index (χ2v) is 9.18. The first-order valence-electron chi connectivity index (χ1n) is 9.86. The monoisotopic (exact) mass is 432 g/mol. The third-order valence-electron chi connectivity index (χ3n) is 5.00. The Labute approximate surface area is 175 Å². The van der Waals surface area contributed by atoms with Gasteiger partial charge in [-0.05, 0) is 36.4 Å². The lowest BCUT2D eigenvalue weighted by atomic mass is 10.2. The second kappa shape index (κ2) is 8.93. The number of benzene rings is 2. The summed E-state index contributed by atoms with van der Waals surface area (Å²) in [6.07, 6.45) is -0.137. The normalized spacial score (nSPS) is 16.2. The summed E-state index contributed by atoms with van der Waals surface area (Å²) < 4.78 is 41.4. The summed E-state index contributed by atoms with van der Waals surface area (Å²) in [5.74, 6) is 0.297. The van der Waals surface area contributed by atoms with Crippen LogP contribution in [0.5, 0.6) is 11.5 Å². The first-order chi connectivity index (χ1) is 14.5. The number of anilines is 2. The molecule has 1 saturated heterocycles. The number of sulfone groups is 1. The zero-order valence-electron chi connectivity index (χ0n) is 16.5. The SMILES string of the molecule is O=C(CCS(=O)(=O)c1ccc2c(c1)OCCO2)Nc1ccc(N2CCOCC2)cc1. The molecule has 1 N–H and O–H groups in total. The van der Waals surface area contributed by atoms with Crippen molar-refractivity contribution in [3.05, 3.63) is 42.5 Å². The molecule has 0 spiro atoms. The van der Waals surface area contributed by atoms with E-state index in [4.69, 9.17) is 14.2 Å². The van der Waals surface area contributed by atoms with Gasteiger partial charge in [0.15, 0.2) is 21.3 Å². The van der Waals surface area contributed by atoms with Crippen molar-refractivity contribution in [2.24, 2.45) is 0 Å². The first kappa shape index (κ1) is 20.5. The van der Waals surface area contributed by atoms with Crippen molar-refractivity contribution in [1.82, 2.24) is 0 Å². The fraction of sp³-hybridized carbons (Fsp3) is 0.381. The minimum absolute atomic E-state index is 0.120. The van der Waals surface area contributed by atoms with Crippen LogP contribution in [-0.2, 0) is 19.4 Å². The van der Waals surface area contributed by atoms with Crippen LogP contribution >= 0.6 is 0 Å². The fourth-order valence-electron chi connectivity index (χ4n) is 3.36. The predicted molar refractivity (Wildman–Crippen MR) is 112 cm³/mol. The number of morpholine rings is 1. The number of amides is 1. The number of fused-ring (bicyclic) bond motifs is 1. The highest BCUT2D eigenvalue weighted by atomic mass is 32.2. The predicted octanol–water partition coefficient (Wildman–Crippen LogP) is 2.10. The van der Waals surface area contributed by atoms with Crippen LogP contribution < -0.4 is 19.7 Å². The molecule has 0 aromatic heterocycles. The van der Waals surface area contributed by atoms with Crippen LogP contribution in [0.3, 0.4) is 0 Å². The standard InChI is InChI=1S/C21H24N2O6S/c24-21(22-16-1-3-17(4-2-16)23-8-10-27-11-9-23)7-14-30(25,26)18-5-6-19-20(15-18)29-13-12-28-19/h1-6,15H,7-14H2,(H,22,24).